The van der Waals surface area contributed by atoms with Gasteiger partial charge in [-0.05, 0) is 61.2 Å². The van der Waals surface area contributed by atoms with Crippen LogP contribution < -0.4 is 14.9 Å². The first kappa shape index (κ1) is 29.2. The van der Waals surface area contributed by atoms with Crippen LogP contribution >= 0.6 is 0 Å². The van der Waals surface area contributed by atoms with Crippen LogP contribution in [-0.2, 0) is 32.6 Å². The number of para-hydroxylation sites is 1. The van der Waals surface area contributed by atoms with Gasteiger partial charge in [0.05, 0.1) is 28.7 Å². The Hall–Kier alpha value is -3.76. The summed E-state index contributed by atoms with van der Waals surface area (Å²) in [5.41, 5.74) is 4.29. The number of anilines is 3. The van der Waals surface area contributed by atoms with Gasteiger partial charge in [0, 0.05) is 51.5 Å². The highest BCUT2D eigenvalue weighted by molar-refractivity contribution is 7.92. The predicted octanol–water partition coefficient (Wildman–Crippen LogP) is 4.24. The van der Waals surface area contributed by atoms with E-state index in [0.29, 0.717) is 31.7 Å². The van der Waals surface area contributed by atoms with Gasteiger partial charge >= 0.3 is 0 Å². The van der Waals surface area contributed by atoms with E-state index in [1.54, 1.807) is 30.3 Å². The van der Waals surface area contributed by atoms with Crippen LogP contribution in [0.1, 0.15) is 43.0 Å². The van der Waals surface area contributed by atoms with Gasteiger partial charge in [-0.25, -0.2) is 8.42 Å². The number of pyridine rings is 1. The molecule has 0 aliphatic carbocycles. The van der Waals surface area contributed by atoms with Crippen LogP contribution in [0.5, 0.6) is 0 Å². The normalized spacial score (nSPS) is 15.6. The second kappa shape index (κ2) is 12.2. The Balaban J connectivity index is 1.73. The van der Waals surface area contributed by atoms with E-state index in [4.69, 9.17) is 0 Å². The molecule has 4 rings (SSSR count). The number of rotatable bonds is 11. The molecule has 1 aliphatic heterocycles. The minimum absolute atomic E-state index is 0.0112. The summed E-state index contributed by atoms with van der Waals surface area (Å²) < 4.78 is 26.7. The first-order chi connectivity index (χ1) is 19.0. The molecular formula is C30H37N5O4S. The smallest absolute Gasteiger partial charge is 0.234 e. The van der Waals surface area contributed by atoms with Gasteiger partial charge in [-0.2, -0.15) is 0 Å². The monoisotopic (exact) mass is 563 g/mol. The van der Waals surface area contributed by atoms with Crippen LogP contribution in [-0.4, -0.2) is 56.9 Å². The Morgan fingerprint density at radius 2 is 1.95 bits per heavy atom. The minimum atomic E-state index is -3.49. The summed E-state index contributed by atoms with van der Waals surface area (Å²) in [6.45, 7) is 5.34. The van der Waals surface area contributed by atoms with Crippen LogP contribution in [0.25, 0.3) is 0 Å². The van der Waals surface area contributed by atoms with Crippen molar-refractivity contribution in [2.24, 2.45) is 5.41 Å². The second-order valence-electron chi connectivity index (χ2n) is 10.9. The van der Waals surface area contributed by atoms with E-state index in [1.165, 1.54) is 0 Å². The first-order valence-electron chi connectivity index (χ1n) is 13.3. The number of benzene rings is 2. The van der Waals surface area contributed by atoms with Crippen LogP contribution in [0.3, 0.4) is 0 Å². The molecule has 40 heavy (non-hydrogen) atoms. The van der Waals surface area contributed by atoms with Gasteiger partial charge in [-0.3, -0.25) is 19.4 Å². The predicted molar refractivity (Wildman–Crippen MR) is 159 cm³/mol. The summed E-state index contributed by atoms with van der Waals surface area (Å²) in [6.07, 6.45) is 6.50. The molecular weight excluding hydrogens is 526 g/mol. The van der Waals surface area contributed by atoms with E-state index >= 15 is 0 Å². The molecule has 3 aromatic rings. The minimum Gasteiger partial charge on any atom is -0.382 e. The molecule has 212 valence electrons. The van der Waals surface area contributed by atoms with Crippen molar-refractivity contribution < 1.29 is 18.0 Å². The molecule has 2 N–H and O–H groups in total. The molecule has 0 fully saturated rings. The summed E-state index contributed by atoms with van der Waals surface area (Å²) >= 11 is 0. The standard InChI is InChI=1S/C30H37N5O4S/c1-30(2)21-32-26-12-11-23(18-28(26)34(3)29(30)37)27(14-17-36)35(16-13-22-8-7-15-31-19-22)20-24-9-5-6-10-25(24)33-40(4,38)39/h5-12,15,17-19,27,32-33H,13-14,16,20-21H2,1-4H3. The Morgan fingerprint density at radius 1 is 1.18 bits per heavy atom. The molecule has 1 unspecified atom stereocenters. The molecule has 0 saturated heterocycles. The van der Waals surface area contributed by atoms with Crippen molar-refractivity contribution in [1.29, 1.82) is 0 Å². The lowest BCUT2D eigenvalue weighted by Crippen LogP contribution is -2.40. The third-order valence-electron chi connectivity index (χ3n) is 7.23. The first-order valence-corrected chi connectivity index (χ1v) is 15.2. The van der Waals surface area contributed by atoms with Crippen LogP contribution in [0.4, 0.5) is 17.1 Å². The van der Waals surface area contributed by atoms with Gasteiger partial charge in [0.15, 0.2) is 0 Å². The van der Waals surface area contributed by atoms with E-state index in [1.807, 2.05) is 62.5 Å². The Morgan fingerprint density at radius 3 is 2.65 bits per heavy atom. The maximum Gasteiger partial charge on any atom is 0.234 e. The summed E-state index contributed by atoms with van der Waals surface area (Å²) in [7, 11) is -1.71. The highest BCUT2D eigenvalue weighted by Crippen LogP contribution is 2.37. The van der Waals surface area contributed by atoms with Crippen molar-refractivity contribution >= 4 is 39.3 Å². The number of aromatic nitrogens is 1. The number of carbonyl (C=O) groups excluding carboxylic acids is 2. The number of hydrogen-bond acceptors (Lipinski definition) is 7. The molecule has 0 bridgehead atoms. The van der Waals surface area contributed by atoms with Crippen molar-refractivity contribution in [3.63, 3.8) is 0 Å². The van der Waals surface area contributed by atoms with Gasteiger partial charge in [-0.15, -0.1) is 0 Å². The lowest BCUT2D eigenvalue weighted by molar-refractivity contribution is -0.125. The highest BCUT2D eigenvalue weighted by atomic mass is 32.2. The topological polar surface area (TPSA) is 112 Å². The van der Waals surface area contributed by atoms with Crippen LogP contribution in [0.15, 0.2) is 67.0 Å². The average Bonchev–Trinajstić information content (AvgIpc) is 3.00. The zero-order valence-electron chi connectivity index (χ0n) is 23.4. The molecule has 2 aromatic carbocycles. The molecule has 1 aliphatic rings. The quantitative estimate of drug-likeness (QED) is 0.336. The van der Waals surface area contributed by atoms with Crippen molar-refractivity contribution in [3.8, 4) is 0 Å². The molecule has 0 radical (unpaired) electrons. The number of carbonyl (C=O) groups is 2. The molecule has 1 aromatic heterocycles. The van der Waals surface area contributed by atoms with Crippen molar-refractivity contribution in [3.05, 3.63) is 83.7 Å². The third-order valence-corrected chi connectivity index (χ3v) is 7.82. The maximum atomic E-state index is 13.2. The molecule has 9 nitrogen and oxygen atoms in total. The van der Waals surface area contributed by atoms with Crippen molar-refractivity contribution in [2.75, 3.05) is 41.3 Å². The number of aldehydes is 1. The fraction of sp³-hybridized carbons (Fsp3) is 0.367. The fourth-order valence-electron chi connectivity index (χ4n) is 5.07. The Kier molecular flexibility index (Phi) is 8.90. The van der Waals surface area contributed by atoms with E-state index in [2.05, 4.69) is 19.9 Å². The van der Waals surface area contributed by atoms with Gasteiger partial charge in [0.1, 0.15) is 6.29 Å². The summed E-state index contributed by atoms with van der Waals surface area (Å²) in [4.78, 5) is 33.3. The number of nitrogens with one attached hydrogen (secondary N) is 2. The number of fused-ring (bicyclic) bond motifs is 1. The summed E-state index contributed by atoms with van der Waals surface area (Å²) in [6, 6.07) is 16.8. The summed E-state index contributed by atoms with van der Waals surface area (Å²) in [5.74, 6) is 0.0112. The lowest BCUT2D eigenvalue weighted by atomic mass is 9.92. The molecule has 0 spiro atoms. The van der Waals surface area contributed by atoms with Gasteiger partial charge < -0.3 is 15.0 Å². The number of nitrogens with zero attached hydrogens (tertiary/aromatic N) is 3. The largest absolute Gasteiger partial charge is 0.382 e. The second-order valence-corrected chi connectivity index (χ2v) is 12.7. The zero-order chi connectivity index (χ0) is 28.9. The van der Waals surface area contributed by atoms with Gasteiger partial charge in [0.25, 0.3) is 0 Å². The molecule has 0 saturated carbocycles. The molecule has 1 atom stereocenters. The van der Waals surface area contributed by atoms with E-state index in [-0.39, 0.29) is 18.4 Å². The lowest BCUT2D eigenvalue weighted by Gasteiger charge is -2.33. The Labute approximate surface area is 236 Å². The number of amides is 1. The molecule has 2 heterocycles. The van der Waals surface area contributed by atoms with Crippen molar-refractivity contribution in [2.45, 2.75) is 39.3 Å². The zero-order valence-corrected chi connectivity index (χ0v) is 24.2. The van der Waals surface area contributed by atoms with Gasteiger partial charge in [0.2, 0.25) is 15.9 Å². The number of hydrogen-bond donors (Lipinski definition) is 2. The maximum absolute atomic E-state index is 13.2. The van der Waals surface area contributed by atoms with Crippen LogP contribution in [0, 0.1) is 5.41 Å². The van der Waals surface area contributed by atoms with E-state index < -0.39 is 15.4 Å². The fourth-order valence-corrected chi connectivity index (χ4v) is 5.66. The summed E-state index contributed by atoms with van der Waals surface area (Å²) in [5, 5.41) is 3.40. The van der Waals surface area contributed by atoms with Crippen molar-refractivity contribution in [1.82, 2.24) is 9.88 Å². The molecule has 1 amide bonds. The molecule has 10 heteroatoms. The van der Waals surface area contributed by atoms with Crippen LogP contribution in [0.2, 0.25) is 0 Å². The van der Waals surface area contributed by atoms with Gasteiger partial charge in [-0.1, -0.05) is 30.3 Å². The van der Waals surface area contributed by atoms with E-state index in [0.717, 1.165) is 40.6 Å². The third kappa shape index (κ3) is 7.05. The number of sulfonamides is 1. The average molecular weight is 564 g/mol. The highest BCUT2D eigenvalue weighted by Gasteiger charge is 2.35. The SMILES string of the molecule is CN1C(=O)C(C)(C)CNc2ccc(C(CC=O)N(CCc3cccnc3)Cc3ccccc3NS(C)(=O)=O)cc21. The van der Waals surface area contributed by atoms with E-state index in [9.17, 15) is 18.0 Å². The Bertz CT molecular complexity index is 1460.